The summed E-state index contributed by atoms with van der Waals surface area (Å²) in [5, 5.41) is 0. The molecule has 0 amide bonds. The van der Waals surface area contributed by atoms with Crippen LogP contribution < -0.4 is 0 Å². The van der Waals surface area contributed by atoms with Crippen LogP contribution in [0.15, 0.2) is 146 Å². The van der Waals surface area contributed by atoms with Crippen LogP contribution in [0.25, 0.3) is 39.3 Å². The number of nitrogens with zero attached hydrogens (tertiary/aromatic N) is 4. The minimum Gasteiger partial charge on any atom is -0.237 e. The predicted octanol–water partition coefficient (Wildman–Crippen LogP) is 8.99. The van der Waals surface area contributed by atoms with Crippen molar-refractivity contribution in [1.29, 1.82) is 0 Å². The first kappa shape index (κ1) is 25.7. The van der Waals surface area contributed by atoms with Gasteiger partial charge in [0.2, 0.25) is 0 Å². The van der Waals surface area contributed by atoms with Crippen LogP contribution >= 0.6 is 0 Å². The Labute approximate surface area is 246 Å². The van der Waals surface area contributed by atoms with E-state index >= 15 is 0 Å². The highest BCUT2D eigenvalue weighted by Crippen LogP contribution is 2.34. The molecular formula is C38H30N4. The second-order valence-corrected chi connectivity index (χ2v) is 10.7. The Morgan fingerprint density at radius 2 is 1.29 bits per heavy atom. The molecular weight excluding hydrogens is 512 g/mol. The second-order valence-electron chi connectivity index (χ2n) is 10.7. The third-order valence-electron chi connectivity index (χ3n) is 7.90. The molecule has 0 N–H and O–H groups in total. The van der Waals surface area contributed by atoms with E-state index in [9.17, 15) is 0 Å². The van der Waals surface area contributed by atoms with E-state index in [4.69, 9.17) is 9.97 Å². The molecule has 0 aliphatic heterocycles. The molecule has 2 unspecified atom stereocenters. The molecule has 4 heteroatoms. The molecule has 0 radical (unpaired) electrons. The molecule has 5 aromatic rings. The summed E-state index contributed by atoms with van der Waals surface area (Å²) in [6.45, 7) is 0. The summed E-state index contributed by atoms with van der Waals surface area (Å²) in [6.07, 6.45) is 20.8. The summed E-state index contributed by atoms with van der Waals surface area (Å²) in [7, 11) is 0. The monoisotopic (exact) mass is 542 g/mol. The van der Waals surface area contributed by atoms with Gasteiger partial charge in [-0.25, -0.2) is 19.9 Å². The van der Waals surface area contributed by atoms with Gasteiger partial charge < -0.3 is 0 Å². The number of rotatable bonds is 6. The topological polar surface area (TPSA) is 51.6 Å². The normalized spacial score (nSPS) is 17.7. The molecule has 7 rings (SSSR count). The van der Waals surface area contributed by atoms with E-state index in [1.165, 1.54) is 16.7 Å². The first-order valence-electron chi connectivity index (χ1n) is 14.4. The first-order valence-corrected chi connectivity index (χ1v) is 14.4. The lowest BCUT2D eigenvalue weighted by Crippen LogP contribution is -2.07. The van der Waals surface area contributed by atoms with E-state index in [0.717, 1.165) is 46.8 Å². The maximum Gasteiger partial charge on any atom is 0.159 e. The number of benzene rings is 3. The molecule has 2 heterocycles. The van der Waals surface area contributed by atoms with Gasteiger partial charge in [-0.15, -0.1) is 0 Å². The second kappa shape index (κ2) is 11.7. The molecule has 42 heavy (non-hydrogen) atoms. The Morgan fingerprint density at radius 3 is 2.00 bits per heavy atom. The number of allylic oxidation sites excluding steroid dienone is 8. The highest BCUT2D eigenvalue weighted by Gasteiger charge is 2.18. The third kappa shape index (κ3) is 5.52. The highest BCUT2D eigenvalue weighted by atomic mass is 14.9. The molecule has 2 aromatic heterocycles. The van der Waals surface area contributed by atoms with E-state index < -0.39 is 0 Å². The van der Waals surface area contributed by atoms with Gasteiger partial charge in [0, 0.05) is 35.4 Å². The zero-order chi connectivity index (χ0) is 28.1. The van der Waals surface area contributed by atoms with Crippen molar-refractivity contribution < 1.29 is 0 Å². The average molecular weight is 543 g/mol. The van der Waals surface area contributed by atoms with Crippen LogP contribution in [-0.4, -0.2) is 19.9 Å². The zero-order valence-corrected chi connectivity index (χ0v) is 23.2. The van der Waals surface area contributed by atoms with Crippen LogP contribution in [0.4, 0.5) is 0 Å². The first-order chi connectivity index (χ1) is 20.8. The van der Waals surface area contributed by atoms with Crippen LogP contribution in [0.1, 0.15) is 41.8 Å². The number of aromatic nitrogens is 4. The Balaban J connectivity index is 1.16. The standard InChI is InChI=1S/C38H30N4/c1-3-8-27(9-4-1)28-12-14-29(15-13-28)30-16-18-31(19-17-30)35-26-36(42-38(41-35)33-10-5-2-6-11-33)32-20-22-34(23-21-32)37-39-24-7-25-40-37/h1-10,12-16,18-26,30,33H,11,17H2. The fourth-order valence-electron chi connectivity index (χ4n) is 5.55. The van der Waals surface area contributed by atoms with Crippen molar-refractivity contribution in [3.63, 3.8) is 0 Å². The molecule has 2 atom stereocenters. The van der Waals surface area contributed by atoms with Crippen molar-refractivity contribution in [2.75, 3.05) is 0 Å². The van der Waals surface area contributed by atoms with Gasteiger partial charge in [0.25, 0.3) is 0 Å². The lowest BCUT2D eigenvalue weighted by Gasteiger charge is -2.19. The van der Waals surface area contributed by atoms with E-state index in [1.54, 1.807) is 12.4 Å². The highest BCUT2D eigenvalue weighted by molar-refractivity contribution is 5.76. The molecule has 0 bridgehead atoms. The van der Waals surface area contributed by atoms with Crippen LogP contribution in [0.3, 0.4) is 0 Å². The molecule has 2 aliphatic rings. The summed E-state index contributed by atoms with van der Waals surface area (Å²) in [4.78, 5) is 18.9. The average Bonchev–Trinajstić information content (AvgIpc) is 3.09. The van der Waals surface area contributed by atoms with Crippen molar-refractivity contribution in [3.8, 4) is 33.8 Å². The number of hydrogen-bond acceptors (Lipinski definition) is 4. The summed E-state index contributed by atoms with van der Waals surface area (Å²) in [5.41, 5.74) is 8.86. The van der Waals surface area contributed by atoms with Crippen LogP contribution in [-0.2, 0) is 0 Å². The van der Waals surface area contributed by atoms with Crippen molar-refractivity contribution in [2.24, 2.45) is 0 Å². The maximum absolute atomic E-state index is 5.08. The van der Waals surface area contributed by atoms with Crippen molar-refractivity contribution in [3.05, 3.63) is 163 Å². The third-order valence-corrected chi connectivity index (χ3v) is 7.90. The molecule has 4 nitrogen and oxygen atoms in total. The molecule has 2 aliphatic carbocycles. The van der Waals surface area contributed by atoms with Gasteiger partial charge in [0.05, 0.1) is 11.4 Å². The van der Waals surface area contributed by atoms with Crippen molar-refractivity contribution >= 4 is 5.57 Å². The lowest BCUT2D eigenvalue weighted by molar-refractivity contribution is 0.770. The molecule has 0 saturated carbocycles. The largest absolute Gasteiger partial charge is 0.237 e. The van der Waals surface area contributed by atoms with Crippen LogP contribution in [0.2, 0.25) is 0 Å². The molecule has 202 valence electrons. The van der Waals surface area contributed by atoms with E-state index in [0.29, 0.717) is 11.7 Å². The summed E-state index contributed by atoms with van der Waals surface area (Å²) >= 11 is 0. The predicted molar refractivity (Wildman–Crippen MR) is 170 cm³/mol. The Bertz CT molecular complexity index is 1800. The SMILES string of the molecule is C1=CCC(c2nc(C3=CCC(c4ccc(-c5ccccc5)cc4)C=C3)cc(-c3ccc(-c4ncccn4)cc3)n2)C=C1. The van der Waals surface area contributed by atoms with Gasteiger partial charge in [-0.3, -0.25) is 0 Å². The van der Waals surface area contributed by atoms with Gasteiger partial charge in [0.1, 0.15) is 5.82 Å². The van der Waals surface area contributed by atoms with Gasteiger partial charge >= 0.3 is 0 Å². The molecule has 0 spiro atoms. The Hall–Kier alpha value is -5.22. The minimum absolute atomic E-state index is 0.162. The molecule has 0 fully saturated rings. The van der Waals surface area contributed by atoms with E-state index in [2.05, 4.69) is 137 Å². The lowest BCUT2D eigenvalue weighted by atomic mass is 9.88. The fourth-order valence-corrected chi connectivity index (χ4v) is 5.55. The van der Waals surface area contributed by atoms with Gasteiger partial charge in [-0.1, -0.05) is 121 Å². The van der Waals surface area contributed by atoms with Crippen molar-refractivity contribution in [1.82, 2.24) is 19.9 Å². The Kier molecular flexibility index (Phi) is 7.18. The van der Waals surface area contributed by atoms with E-state index in [1.807, 2.05) is 6.07 Å². The smallest absolute Gasteiger partial charge is 0.159 e. The minimum atomic E-state index is 0.162. The zero-order valence-electron chi connectivity index (χ0n) is 23.2. The Morgan fingerprint density at radius 1 is 0.571 bits per heavy atom. The van der Waals surface area contributed by atoms with Gasteiger partial charge in [-0.2, -0.15) is 0 Å². The van der Waals surface area contributed by atoms with Gasteiger partial charge in [0.15, 0.2) is 5.82 Å². The number of hydrogen-bond donors (Lipinski definition) is 0. The quantitative estimate of drug-likeness (QED) is 0.215. The van der Waals surface area contributed by atoms with Crippen LogP contribution in [0.5, 0.6) is 0 Å². The summed E-state index contributed by atoms with van der Waals surface area (Å²) in [5.74, 6) is 2.08. The van der Waals surface area contributed by atoms with E-state index in [-0.39, 0.29) is 5.92 Å². The van der Waals surface area contributed by atoms with Crippen molar-refractivity contribution in [2.45, 2.75) is 24.7 Å². The summed E-state index contributed by atoms with van der Waals surface area (Å²) < 4.78 is 0. The maximum atomic E-state index is 5.08. The molecule has 0 saturated heterocycles. The fraction of sp³-hybridized carbons (Fsp3) is 0.105. The molecule has 3 aromatic carbocycles. The summed E-state index contributed by atoms with van der Waals surface area (Å²) in [6, 6.07) is 31.7. The van der Waals surface area contributed by atoms with Gasteiger partial charge in [-0.05, 0) is 47.2 Å². The van der Waals surface area contributed by atoms with Crippen LogP contribution in [0, 0.1) is 0 Å².